The molecule has 0 unspecified atom stereocenters. The topological polar surface area (TPSA) is 75.0 Å². The van der Waals surface area contributed by atoms with Gasteiger partial charge in [0.1, 0.15) is 0 Å². The van der Waals surface area contributed by atoms with Crippen LogP contribution in [0.4, 0.5) is 8.78 Å². The van der Waals surface area contributed by atoms with Crippen LogP contribution in [0, 0.1) is 11.6 Å². The van der Waals surface area contributed by atoms with Crippen molar-refractivity contribution >= 4 is 5.97 Å². The van der Waals surface area contributed by atoms with Gasteiger partial charge >= 0.3 is 11.7 Å². The minimum absolute atomic E-state index is 0.0577. The lowest BCUT2D eigenvalue weighted by Crippen LogP contribution is -2.08. The molecule has 1 aromatic heterocycles. The quantitative estimate of drug-likeness (QED) is 0.834. The first-order valence-electron chi connectivity index (χ1n) is 5.47. The fraction of sp³-hybridized carbons (Fsp3) is 0.167. The van der Waals surface area contributed by atoms with E-state index in [1.807, 2.05) is 0 Å². The van der Waals surface area contributed by atoms with Crippen molar-refractivity contribution in [2.45, 2.75) is 6.92 Å². The molecule has 0 aliphatic heterocycles. The smallest absolute Gasteiger partial charge is 0.357 e. The average molecular weight is 268 g/mol. The molecule has 2 N–H and O–H groups in total. The zero-order valence-electron chi connectivity index (χ0n) is 9.92. The molecular formula is C12H10F2N2O3. The molecule has 100 valence electrons. The van der Waals surface area contributed by atoms with E-state index in [0.29, 0.717) is 0 Å². The van der Waals surface area contributed by atoms with Crippen molar-refractivity contribution in [3.8, 4) is 11.3 Å². The van der Waals surface area contributed by atoms with Crippen LogP contribution in [0.5, 0.6) is 0 Å². The van der Waals surface area contributed by atoms with Crippen LogP contribution in [0.3, 0.4) is 0 Å². The predicted molar refractivity (Wildman–Crippen MR) is 62.7 cm³/mol. The number of benzene rings is 1. The highest BCUT2D eigenvalue weighted by molar-refractivity contribution is 5.94. The molecule has 0 saturated carbocycles. The molecule has 0 atom stereocenters. The number of ether oxygens (including phenoxy) is 1. The van der Waals surface area contributed by atoms with Crippen molar-refractivity contribution in [2.24, 2.45) is 0 Å². The van der Waals surface area contributed by atoms with Crippen molar-refractivity contribution in [1.82, 2.24) is 9.97 Å². The summed E-state index contributed by atoms with van der Waals surface area (Å²) in [7, 11) is 0. The van der Waals surface area contributed by atoms with Gasteiger partial charge in [-0.3, -0.25) is 4.98 Å². The van der Waals surface area contributed by atoms with Gasteiger partial charge in [-0.2, -0.15) is 0 Å². The van der Waals surface area contributed by atoms with Crippen LogP contribution in [-0.4, -0.2) is 22.5 Å². The van der Waals surface area contributed by atoms with E-state index in [0.717, 1.165) is 12.1 Å². The van der Waals surface area contributed by atoms with Gasteiger partial charge < -0.3 is 9.72 Å². The molecule has 2 rings (SSSR count). The van der Waals surface area contributed by atoms with E-state index in [1.54, 1.807) is 6.92 Å². The van der Waals surface area contributed by atoms with Crippen LogP contribution < -0.4 is 5.69 Å². The third-order valence-corrected chi connectivity index (χ3v) is 2.41. The maximum atomic E-state index is 13.2. The van der Waals surface area contributed by atoms with Crippen LogP contribution in [0.2, 0.25) is 0 Å². The molecule has 0 radical (unpaired) electrons. The van der Waals surface area contributed by atoms with E-state index in [1.165, 1.54) is 6.07 Å². The van der Waals surface area contributed by atoms with Gasteiger partial charge in [-0.05, 0) is 25.1 Å². The van der Waals surface area contributed by atoms with E-state index in [-0.39, 0.29) is 23.6 Å². The Morgan fingerprint density at radius 2 is 2.00 bits per heavy atom. The Kier molecular flexibility index (Phi) is 3.46. The van der Waals surface area contributed by atoms with Gasteiger partial charge in [0, 0.05) is 5.56 Å². The van der Waals surface area contributed by atoms with Gasteiger partial charge in [0.25, 0.3) is 0 Å². The molecule has 0 saturated heterocycles. The molecule has 0 aliphatic rings. The van der Waals surface area contributed by atoms with E-state index < -0.39 is 23.3 Å². The van der Waals surface area contributed by atoms with Crippen molar-refractivity contribution < 1.29 is 18.3 Å². The predicted octanol–water partition coefficient (Wildman–Crippen LogP) is 1.82. The summed E-state index contributed by atoms with van der Waals surface area (Å²) >= 11 is 0. The summed E-state index contributed by atoms with van der Waals surface area (Å²) in [6, 6.07) is 3.04. The fourth-order valence-electron chi connectivity index (χ4n) is 1.61. The molecule has 0 amide bonds. The normalized spacial score (nSPS) is 10.5. The Hall–Kier alpha value is -2.44. The molecule has 0 fully saturated rings. The lowest BCUT2D eigenvalue weighted by Gasteiger charge is -2.03. The van der Waals surface area contributed by atoms with Crippen molar-refractivity contribution in [1.29, 1.82) is 0 Å². The van der Waals surface area contributed by atoms with Gasteiger partial charge in [-0.25, -0.2) is 18.4 Å². The molecule has 0 aliphatic carbocycles. The van der Waals surface area contributed by atoms with E-state index in [4.69, 9.17) is 4.74 Å². The molecule has 5 nitrogen and oxygen atoms in total. The number of carbonyl (C=O) groups is 1. The number of halogens is 2. The minimum atomic E-state index is -1.07. The zero-order valence-corrected chi connectivity index (χ0v) is 9.92. The van der Waals surface area contributed by atoms with Gasteiger partial charge in [0.05, 0.1) is 12.3 Å². The summed E-state index contributed by atoms with van der Waals surface area (Å²) in [5.74, 6) is -2.84. The monoisotopic (exact) mass is 268 g/mol. The van der Waals surface area contributed by atoms with Crippen LogP contribution in [0.15, 0.2) is 23.0 Å². The fourth-order valence-corrected chi connectivity index (χ4v) is 1.61. The first-order chi connectivity index (χ1) is 9.02. The summed E-state index contributed by atoms with van der Waals surface area (Å²) in [4.78, 5) is 27.5. The van der Waals surface area contributed by atoms with Gasteiger partial charge in [-0.15, -0.1) is 0 Å². The molecular weight excluding hydrogens is 258 g/mol. The standard InChI is InChI=1S/C12H10F2N2O3/c1-2-19-11(17)10-9(15-12(18)16-10)6-3-4-7(13)8(14)5-6/h3-5H,2H2,1H3,(H2,15,16,18). The Morgan fingerprint density at radius 3 is 2.63 bits per heavy atom. The number of hydrogen-bond donors (Lipinski definition) is 2. The van der Waals surface area contributed by atoms with E-state index in [2.05, 4.69) is 9.97 Å². The third kappa shape index (κ3) is 2.54. The number of nitrogens with one attached hydrogen (secondary N) is 2. The zero-order chi connectivity index (χ0) is 14.0. The first kappa shape index (κ1) is 13.0. The third-order valence-electron chi connectivity index (χ3n) is 2.41. The number of aromatic amines is 2. The lowest BCUT2D eigenvalue weighted by molar-refractivity contribution is 0.0521. The Morgan fingerprint density at radius 1 is 1.26 bits per heavy atom. The highest BCUT2D eigenvalue weighted by Gasteiger charge is 2.18. The summed E-state index contributed by atoms with van der Waals surface area (Å²) < 4.78 is 30.8. The molecule has 2 aromatic rings. The molecule has 7 heteroatoms. The number of imidazole rings is 1. The summed E-state index contributed by atoms with van der Waals surface area (Å²) in [6.45, 7) is 1.74. The summed E-state index contributed by atoms with van der Waals surface area (Å²) in [5.41, 5.74) is -0.539. The summed E-state index contributed by atoms with van der Waals surface area (Å²) in [5, 5.41) is 0. The molecule has 19 heavy (non-hydrogen) atoms. The number of carbonyl (C=O) groups excluding carboxylic acids is 1. The van der Waals surface area contributed by atoms with Crippen LogP contribution in [0.25, 0.3) is 11.3 Å². The van der Waals surface area contributed by atoms with Crippen LogP contribution >= 0.6 is 0 Å². The van der Waals surface area contributed by atoms with E-state index >= 15 is 0 Å². The highest BCUT2D eigenvalue weighted by atomic mass is 19.2. The Bertz CT molecular complexity index is 676. The maximum absolute atomic E-state index is 13.2. The number of aromatic nitrogens is 2. The number of rotatable bonds is 3. The number of H-pyrrole nitrogens is 2. The second-order valence-electron chi connectivity index (χ2n) is 3.68. The first-order valence-corrected chi connectivity index (χ1v) is 5.47. The largest absolute Gasteiger partial charge is 0.461 e. The SMILES string of the molecule is CCOC(=O)c1[nH]c(=O)[nH]c1-c1ccc(F)c(F)c1. The highest BCUT2D eigenvalue weighted by Crippen LogP contribution is 2.22. The van der Waals surface area contributed by atoms with E-state index in [9.17, 15) is 18.4 Å². The van der Waals surface area contributed by atoms with Gasteiger partial charge in [0.15, 0.2) is 17.3 Å². The van der Waals surface area contributed by atoms with Gasteiger partial charge in [0.2, 0.25) is 0 Å². The lowest BCUT2D eigenvalue weighted by atomic mass is 10.1. The van der Waals surface area contributed by atoms with Gasteiger partial charge in [-0.1, -0.05) is 0 Å². The van der Waals surface area contributed by atoms with Crippen LogP contribution in [-0.2, 0) is 4.74 Å². The second kappa shape index (κ2) is 5.05. The number of esters is 1. The average Bonchev–Trinajstić information content (AvgIpc) is 2.75. The molecule has 1 aromatic carbocycles. The van der Waals surface area contributed by atoms with Crippen molar-refractivity contribution in [3.05, 3.63) is 46.0 Å². The Labute approximate surface area is 106 Å². The number of hydrogen-bond acceptors (Lipinski definition) is 3. The molecule has 0 spiro atoms. The summed E-state index contributed by atoms with van der Waals surface area (Å²) in [6.07, 6.45) is 0. The maximum Gasteiger partial charge on any atom is 0.357 e. The second-order valence-corrected chi connectivity index (χ2v) is 3.68. The minimum Gasteiger partial charge on any atom is -0.461 e. The Balaban J connectivity index is 2.52. The van der Waals surface area contributed by atoms with Crippen molar-refractivity contribution in [3.63, 3.8) is 0 Å². The molecule has 1 heterocycles. The van der Waals surface area contributed by atoms with Crippen molar-refractivity contribution in [2.75, 3.05) is 6.61 Å². The molecule has 0 bridgehead atoms. The van der Waals surface area contributed by atoms with Crippen LogP contribution in [0.1, 0.15) is 17.4 Å².